The molecular formula is C24H22N4O2S. The van der Waals surface area contributed by atoms with E-state index in [-0.39, 0.29) is 11.8 Å². The molecule has 6 nitrogen and oxygen atoms in total. The van der Waals surface area contributed by atoms with Crippen LogP contribution in [0.25, 0.3) is 0 Å². The molecule has 0 spiro atoms. The van der Waals surface area contributed by atoms with Crippen LogP contribution in [-0.4, -0.2) is 47.8 Å². The summed E-state index contributed by atoms with van der Waals surface area (Å²) in [6.07, 6.45) is 0. The summed E-state index contributed by atoms with van der Waals surface area (Å²) in [6, 6.07) is 20.5. The van der Waals surface area contributed by atoms with Crippen molar-refractivity contribution in [3.8, 4) is 6.07 Å². The highest BCUT2D eigenvalue weighted by Gasteiger charge is 2.24. The molecule has 1 fully saturated rings. The Kier molecular flexibility index (Phi) is 6.41. The van der Waals surface area contributed by atoms with Gasteiger partial charge in [0, 0.05) is 32.7 Å². The first-order valence-electron chi connectivity index (χ1n) is 10.1. The molecule has 2 amide bonds. The van der Waals surface area contributed by atoms with Crippen molar-refractivity contribution in [1.29, 1.82) is 5.26 Å². The summed E-state index contributed by atoms with van der Waals surface area (Å²) < 4.78 is 0. The van der Waals surface area contributed by atoms with E-state index in [9.17, 15) is 9.59 Å². The van der Waals surface area contributed by atoms with E-state index in [2.05, 4.69) is 16.3 Å². The molecule has 0 saturated carbocycles. The molecule has 156 valence electrons. The topological polar surface area (TPSA) is 76.4 Å². The molecule has 4 rings (SSSR count). The van der Waals surface area contributed by atoms with Crippen LogP contribution in [0.4, 0.5) is 5.69 Å². The van der Waals surface area contributed by atoms with Crippen molar-refractivity contribution < 1.29 is 9.59 Å². The zero-order valence-corrected chi connectivity index (χ0v) is 17.8. The Morgan fingerprint density at radius 3 is 2.39 bits per heavy atom. The van der Waals surface area contributed by atoms with Crippen LogP contribution >= 0.6 is 11.3 Å². The van der Waals surface area contributed by atoms with E-state index in [1.54, 1.807) is 18.2 Å². The number of para-hydroxylation sites is 1. The number of carbonyl (C=O) groups is 2. The molecule has 0 atom stereocenters. The van der Waals surface area contributed by atoms with Crippen molar-refractivity contribution in [2.45, 2.75) is 6.54 Å². The molecule has 0 radical (unpaired) electrons. The Bertz CT molecular complexity index is 1100. The van der Waals surface area contributed by atoms with E-state index in [4.69, 9.17) is 5.26 Å². The van der Waals surface area contributed by atoms with Gasteiger partial charge in [0.25, 0.3) is 11.8 Å². The van der Waals surface area contributed by atoms with Crippen LogP contribution in [0, 0.1) is 11.3 Å². The van der Waals surface area contributed by atoms with Gasteiger partial charge in [0.05, 0.1) is 27.8 Å². The predicted octanol–water partition coefficient (Wildman–Crippen LogP) is 3.83. The Morgan fingerprint density at radius 2 is 1.71 bits per heavy atom. The molecule has 3 aromatic rings. The Labute approximate surface area is 185 Å². The summed E-state index contributed by atoms with van der Waals surface area (Å²) in [7, 11) is 0. The molecule has 2 aromatic carbocycles. The van der Waals surface area contributed by atoms with E-state index < -0.39 is 0 Å². The van der Waals surface area contributed by atoms with Gasteiger partial charge in [-0.3, -0.25) is 14.5 Å². The summed E-state index contributed by atoms with van der Waals surface area (Å²) in [5.41, 5.74) is 2.85. The third-order valence-corrected chi connectivity index (χ3v) is 6.17. The summed E-state index contributed by atoms with van der Waals surface area (Å²) in [5, 5.41) is 13.6. The van der Waals surface area contributed by atoms with Gasteiger partial charge in [0.15, 0.2) is 0 Å². The number of nitriles is 1. The molecular weight excluding hydrogens is 408 g/mol. The molecule has 1 N–H and O–H groups in total. The van der Waals surface area contributed by atoms with Crippen LogP contribution in [0.5, 0.6) is 0 Å². The molecule has 0 aliphatic carbocycles. The summed E-state index contributed by atoms with van der Waals surface area (Å²) in [4.78, 5) is 30.3. The van der Waals surface area contributed by atoms with Crippen LogP contribution in [0.1, 0.15) is 31.2 Å². The van der Waals surface area contributed by atoms with Gasteiger partial charge in [0.1, 0.15) is 0 Å². The van der Waals surface area contributed by atoms with Crippen molar-refractivity contribution >= 4 is 28.8 Å². The third kappa shape index (κ3) is 5.00. The van der Waals surface area contributed by atoms with Gasteiger partial charge in [-0.15, -0.1) is 11.3 Å². The lowest BCUT2D eigenvalue weighted by Gasteiger charge is -2.35. The monoisotopic (exact) mass is 430 g/mol. The average Bonchev–Trinajstić information content (AvgIpc) is 3.35. The van der Waals surface area contributed by atoms with Crippen LogP contribution in [-0.2, 0) is 6.54 Å². The number of rotatable bonds is 5. The molecule has 1 aliphatic rings. The van der Waals surface area contributed by atoms with Gasteiger partial charge in [-0.25, -0.2) is 0 Å². The fourth-order valence-corrected chi connectivity index (χ4v) is 4.21. The molecule has 1 aromatic heterocycles. The van der Waals surface area contributed by atoms with Gasteiger partial charge in [-0.05, 0) is 41.3 Å². The Hall–Kier alpha value is -3.47. The minimum Gasteiger partial charge on any atom is -0.336 e. The average molecular weight is 431 g/mol. The number of nitrogens with one attached hydrogen (secondary N) is 1. The van der Waals surface area contributed by atoms with Crippen LogP contribution in [0.15, 0.2) is 66.0 Å². The lowest BCUT2D eigenvalue weighted by molar-refractivity contribution is 0.0629. The number of nitrogens with zero attached hydrogens (tertiary/aromatic N) is 3. The van der Waals surface area contributed by atoms with Crippen LogP contribution < -0.4 is 5.32 Å². The smallest absolute Gasteiger partial charge is 0.265 e. The highest BCUT2D eigenvalue weighted by atomic mass is 32.1. The zero-order valence-electron chi connectivity index (χ0n) is 17.0. The maximum atomic E-state index is 13.2. The van der Waals surface area contributed by atoms with Crippen molar-refractivity contribution in [2.24, 2.45) is 0 Å². The van der Waals surface area contributed by atoms with E-state index >= 15 is 0 Å². The second-order valence-electron chi connectivity index (χ2n) is 7.35. The number of piperazine rings is 1. The second kappa shape index (κ2) is 9.56. The number of carbonyl (C=O) groups excluding carboxylic acids is 2. The molecule has 0 bridgehead atoms. The van der Waals surface area contributed by atoms with Crippen molar-refractivity contribution in [2.75, 3.05) is 31.5 Å². The molecule has 0 unspecified atom stereocenters. The van der Waals surface area contributed by atoms with Crippen molar-refractivity contribution in [1.82, 2.24) is 9.80 Å². The van der Waals surface area contributed by atoms with Gasteiger partial charge in [-0.1, -0.05) is 30.3 Å². The fraction of sp³-hybridized carbons (Fsp3) is 0.208. The van der Waals surface area contributed by atoms with E-state index in [0.717, 1.165) is 25.2 Å². The van der Waals surface area contributed by atoms with Gasteiger partial charge >= 0.3 is 0 Å². The highest BCUT2D eigenvalue weighted by Crippen LogP contribution is 2.21. The van der Waals surface area contributed by atoms with Crippen molar-refractivity contribution in [3.05, 3.63) is 87.6 Å². The minimum atomic E-state index is -0.206. The SMILES string of the molecule is N#Cc1ccc(CN2CCN(C(=O)c3ccccc3NC(=O)c3cccs3)CC2)cc1. The maximum absolute atomic E-state index is 13.2. The minimum absolute atomic E-state index is 0.0693. The summed E-state index contributed by atoms with van der Waals surface area (Å²) >= 11 is 1.37. The first-order chi connectivity index (χ1) is 15.1. The summed E-state index contributed by atoms with van der Waals surface area (Å²) in [6.45, 7) is 3.59. The van der Waals surface area contributed by atoms with E-state index in [1.165, 1.54) is 11.3 Å². The Morgan fingerprint density at radius 1 is 0.968 bits per heavy atom. The lowest BCUT2D eigenvalue weighted by Crippen LogP contribution is -2.48. The second-order valence-corrected chi connectivity index (χ2v) is 8.30. The predicted molar refractivity (Wildman–Crippen MR) is 121 cm³/mol. The maximum Gasteiger partial charge on any atom is 0.265 e. The number of anilines is 1. The zero-order chi connectivity index (χ0) is 21.6. The summed E-state index contributed by atoms with van der Waals surface area (Å²) in [5.74, 6) is -0.275. The molecule has 1 saturated heterocycles. The Balaban J connectivity index is 1.37. The van der Waals surface area contributed by atoms with E-state index in [1.807, 2.05) is 52.7 Å². The number of amides is 2. The van der Waals surface area contributed by atoms with Gasteiger partial charge in [-0.2, -0.15) is 5.26 Å². The quantitative estimate of drug-likeness (QED) is 0.667. The molecule has 1 aliphatic heterocycles. The highest BCUT2D eigenvalue weighted by molar-refractivity contribution is 7.12. The van der Waals surface area contributed by atoms with Crippen molar-refractivity contribution in [3.63, 3.8) is 0 Å². The lowest BCUT2D eigenvalue weighted by atomic mass is 10.1. The molecule has 2 heterocycles. The third-order valence-electron chi connectivity index (χ3n) is 5.30. The number of benzene rings is 2. The van der Waals surface area contributed by atoms with E-state index in [0.29, 0.717) is 34.8 Å². The standard InChI is InChI=1S/C24H22N4O2S/c25-16-18-7-9-19(10-8-18)17-27-11-13-28(14-12-27)24(30)20-4-1-2-5-21(20)26-23(29)22-6-3-15-31-22/h1-10,15H,11-14,17H2,(H,26,29). The molecule has 31 heavy (non-hydrogen) atoms. The van der Waals surface area contributed by atoms with Gasteiger partial charge in [0.2, 0.25) is 0 Å². The van der Waals surface area contributed by atoms with Crippen LogP contribution in [0.3, 0.4) is 0 Å². The number of hydrogen-bond donors (Lipinski definition) is 1. The first kappa shape index (κ1) is 20.8. The van der Waals surface area contributed by atoms with Crippen LogP contribution in [0.2, 0.25) is 0 Å². The normalized spacial score (nSPS) is 14.1. The first-order valence-corrected chi connectivity index (χ1v) is 11.0. The van der Waals surface area contributed by atoms with Gasteiger partial charge < -0.3 is 10.2 Å². The number of hydrogen-bond acceptors (Lipinski definition) is 5. The number of thiophene rings is 1. The fourth-order valence-electron chi connectivity index (χ4n) is 3.59. The molecule has 7 heteroatoms. The largest absolute Gasteiger partial charge is 0.336 e.